The summed E-state index contributed by atoms with van der Waals surface area (Å²) >= 11 is 6.07. The van der Waals surface area contributed by atoms with E-state index in [0.717, 1.165) is 42.5 Å². The monoisotopic (exact) mass is 375 g/mol. The Balaban J connectivity index is 2.51. The first-order valence-corrected chi connectivity index (χ1v) is 9.56. The normalized spacial score (nSPS) is 10.8. The fourth-order valence-corrected chi connectivity index (χ4v) is 3.13. The van der Waals surface area contributed by atoms with Gasteiger partial charge in [0.2, 0.25) is 5.43 Å². The van der Waals surface area contributed by atoms with Crippen LogP contribution in [0.3, 0.4) is 0 Å². The minimum atomic E-state index is -0.467. The Bertz CT molecular complexity index is 833. The van der Waals surface area contributed by atoms with E-state index < -0.39 is 11.3 Å². The second kappa shape index (κ2) is 9.04. The zero-order chi connectivity index (χ0) is 19.3. The standard InChI is InChI=1S/C21H26ClNO3/c1-5-8-12-16-17(20(24)18(22)13(4)26-16)21(25)23-19-14(6-2)10-9-11-15(19)7-3/h9-11H,5-8,12H2,1-4H3,(H,23,25). The van der Waals surface area contributed by atoms with Crippen LogP contribution < -0.4 is 10.7 Å². The molecule has 1 aromatic heterocycles. The number of hydrogen-bond acceptors (Lipinski definition) is 3. The smallest absolute Gasteiger partial charge is 0.263 e. The zero-order valence-electron chi connectivity index (χ0n) is 15.9. The molecule has 5 heteroatoms. The van der Waals surface area contributed by atoms with Crippen LogP contribution in [0.4, 0.5) is 5.69 Å². The van der Waals surface area contributed by atoms with Crippen LogP contribution in [-0.2, 0) is 19.3 Å². The Morgan fingerprint density at radius 1 is 1.15 bits per heavy atom. The molecule has 0 aliphatic heterocycles. The topological polar surface area (TPSA) is 59.3 Å². The van der Waals surface area contributed by atoms with E-state index in [0.29, 0.717) is 17.9 Å². The van der Waals surface area contributed by atoms with Gasteiger partial charge in [-0.2, -0.15) is 0 Å². The Labute approximate surface area is 159 Å². The molecule has 1 N–H and O–H groups in total. The van der Waals surface area contributed by atoms with Gasteiger partial charge in [-0.1, -0.05) is 57.0 Å². The lowest BCUT2D eigenvalue weighted by atomic mass is 10.0. The van der Waals surface area contributed by atoms with Crippen molar-refractivity contribution in [2.24, 2.45) is 0 Å². The van der Waals surface area contributed by atoms with Gasteiger partial charge >= 0.3 is 0 Å². The molecule has 140 valence electrons. The van der Waals surface area contributed by atoms with Crippen LogP contribution in [0, 0.1) is 6.92 Å². The number of amides is 1. The minimum absolute atomic E-state index is 0.0157. The highest BCUT2D eigenvalue weighted by Crippen LogP contribution is 2.24. The van der Waals surface area contributed by atoms with Crippen molar-refractivity contribution in [1.29, 1.82) is 0 Å². The number of hydrogen-bond donors (Lipinski definition) is 1. The first-order chi connectivity index (χ1) is 12.4. The van der Waals surface area contributed by atoms with Gasteiger partial charge in [0.25, 0.3) is 5.91 Å². The van der Waals surface area contributed by atoms with Crippen molar-refractivity contribution >= 4 is 23.2 Å². The molecule has 2 aromatic rings. The number of nitrogens with one attached hydrogen (secondary N) is 1. The van der Waals surface area contributed by atoms with Crippen molar-refractivity contribution in [3.05, 3.63) is 61.7 Å². The lowest BCUT2D eigenvalue weighted by Crippen LogP contribution is -2.25. The van der Waals surface area contributed by atoms with Gasteiger partial charge in [-0.25, -0.2) is 0 Å². The third kappa shape index (κ3) is 4.18. The molecule has 4 nitrogen and oxygen atoms in total. The van der Waals surface area contributed by atoms with Gasteiger partial charge in [0.05, 0.1) is 0 Å². The van der Waals surface area contributed by atoms with E-state index >= 15 is 0 Å². The summed E-state index contributed by atoms with van der Waals surface area (Å²) in [4.78, 5) is 25.7. The van der Waals surface area contributed by atoms with Crippen LogP contribution in [0.1, 0.15) is 66.6 Å². The number of carbonyl (C=O) groups excluding carboxylic acids is 1. The van der Waals surface area contributed by atoms with E-state index in [-0.39, 0.29) is 10.6 Å². The third-order valence-electron chi connectivity index (χ3n) is 4.51. The van der Waals surface area contributed by atoms with Crippen molar-refractivity contribution in [3.63, 3.8) is 0 Å². The Morgan fingerprint density at radius 3 is 2.31 bits per heavy atom. The number of halogens is 1. The number of carbonyl (C=O) groups is 1. The third-order valence-corrected chi connectivity index (χ3v) is 4.95. The van der Waals surface area contributed by atoms with E-state index in [1.165, 1.54) is 0 Å². The quantitative estimate of drug-likeness (QED) is 0.712. The van der Waals surface area contributed by atoms with Crippen LogP contribution in [0.25, 0.3) is 0 Å². The summed E-state index contributed by atoms with van der Waals surface area (Å²) in [5.41, 5.74) is 2.40. The molecular formula is C21H26ClNO3. The van der Waals surface area contributed by atoms with Crippen molar-refractivity contribution in [2.75, 3.05) is 5.32 Å². The maximum atomic E-state index is 13.0. The fraction of sp³-hybridized carbons (Fsp3) is 0.429. The minimum Gasteiger partial charge on any atom is -0.464 e. The molecule has 0 saturated carbocycles. The number of para-hydroxylation sites is 1. The lowest BCUT2D eigenvalue weighted by molar-refractivity contribution is 0.102. The molecule has 0 spiro atoms. The molecule has 0 fully saturated rings. The Hall–Kier alpha value is -2.07. The number of rotatable bonds is 7. The van der Waals surface area contributed by atoms with Crippen LogP contribution in [-0.4, -0.2) is 5.91 Å². The molecule has 2 rings (SSSR count). The van der Waals surface area contributed by atoms with Crippen LogP contribution in [0.5, 0.6) is 0 Å². The van der Waals surface area contributed by atoms with Gasteiger partial charge in [0.15, 0.2) is 0 Å². The van der Waals surface area contributed by atoms with Gasteiger partial charge in [-0.05, 0) is 37.3 Å². The number of benzene rings is 1. The molecule has 0 aliphatic rings. The van der Waals surface area contributed by atoms with Gasteiger partial charge in [-0.3, -0.25) is 9.59 Å². The number of aryl methyl sites for hydroxylation is 4. The molecule has 1 amide bonds. The fourth-order valence-electron chi connectivity index (χ4n) is 3.00. The summed E-state index contributed by atoms with van der Waals surface area (Å²) in [7, 11) is 0. The Morgan fingerprint density at radius 2 is 1.77 bits per heavy atom. The average molecular weight is 376 g/mol. The predicted octanol–water partition coefficient (Wildman–Crippen LogP) is 5.32. The largest absolute Gasteiger partial charge is 0.464 e. The molecule has 1 heterocycles. The maximum absolute atomic E-state index is 13.0. The van der Waals surface area contributed by atoms with E-state index in [1.54, 1.807) is 6.92 Å². The highest BCUT2D eigenvalue weighted by atomic mass is 35.5. The van der Waals surface area contributed by atoms with Gasteiger partial charge < -0.3 is 9.73 Å². The van der Waals surface area contributed by atoms with Gasteiger partial charge in [0.1, 0.15) is 22.1 Å². The van der Waals surface area contributed by atoms with E-state index in [9.17, 15) is 9.59 Å². The van der Waals surface area contributed by atoms with E-state index in [1.807, 2.05) is 39.0 Å². The van der Waals surface area contributed by atoms with Crippen molar-refractivity contribution in [3.8, 4) is 0 Å². The maximum Gasteiger partial charge on any atom is 0.263 e. The predicted molar refractivity (Wildman–Crippen MR) is 106 cm³/mol. The van der Waals surface area contributed by atoms with Crippen molar-refractivity contribution < 1.29 is 9.21 Å². The first kappa shape index (κ1) is 20.2. The second-order valence-corrected chi connectivity index (χ2v) is 6.69. The molecule has 0 unspecified atom stereocenters. The van der Waals surface area contributed by atoms with Crippen molar-refractivity contribution in [2.45, 2.75) is 59.8 Å². The van der Waals surface area contributed by atoms with Gasteiger partial charge in [0, 0.05) is 12.1 Å². The summed E-state index contributed by atoms with van der Waals surface area (Å²) in [6, 6.07) is 5.95. The van der Waals surface area contributed by atoms with Crippen molar-refractivity contribution in [1.82, 2.24) is 0 Å². The molecule has 0 bridgehead atoms. The molecule has 0 radical (unpaired) electrons. The number of anilines is 1. The summed E-state index contributed by atoms with van der Waals surface area (Å²) in [6.45, 7) is 7.76. The van der Waals surface area contributed by atoms with E-state index in [2.05, 4.69) is 5.32 Å². The highest BCUT2D eigenvalue weighted by Gasteiger charge is 2.23. The summed E-state index contributed by atoms with van der Waals surface area (Å²) in [6.07, 6.45) is 3.87. The molecule has 0 saturated heterocycles. The molecule has 26 heavy (non-hydrogen) atoms. The average Bonchev–Trinajstić information content (AvgIpc) is 2.64. The summed E-state index contributed by atoms with van der Waals surface area (Å²) < 4.78 is 5.70. The second-order valence-electron chi connectivity index (χ2n) is 6.32. The van der Waals surface area contributed by atoms with Gasteiger partial charge in [-0.15, -0.1) is 0 Å². The van der Waals surface area contributed by atoms with Crippen LogP contribution >= 0.6 is 11.6 Å². The molecule has 0 aliphatic carbocycles. The first-order valence-electron chi connectivity index (χ1n) is 9.18. The Kier molecular flexibility index (Phi) is 7.04. The summed E-state index contributed by atoms with van der Waals surface area (Å²) in [5.74, 6) is 0.299. The zero-order valence-corrected chi connectivity index (χ0v) is 16.6. The lowest BCUT2D eigenvalue weighted by Gasteiger charge is -2.16. The van der Waals surface area contributed by atoms with Crippen LogP contribution in [0.15, 0.2) is 27.4 Å². The SMILES string of the molecule is CCCCc1oc(C)c(Cl)c(=O)c1C(=O)Nc1c(CC)cccc1CC. The highest BCUT2D eigenvalue weighted by molar-refractivity contribution is 6.31. The van der Waals surface area contributed by atoms with Crippen LogP contribution in [0.2, 0.25) is 5.02 Å². The summed E-state index contributed by atoms with van der Waals surface area (Å²) in [5, 5.41) is 2.91. The molecule has 1 aromatic carbocycles. The number of unbranched alkanes of at least 4 members (excludes halogenated alkanes) is 1. The van der Waals surface area contributed by atoms with E-state index in [4.69, 9.17) is 16.0 Å². The molecule has 0 atom stereocenters. The molecular weight excluding hydrogens is 350 g/mol.